The van der Waals surface area contributed by atoms with Crippen molar-refractivity contribution in [2.75, 3.05) is 6.61 Å². The van der Waals surface area contributed by atoms with Gasteiger partial charge in [0, 0.05) is 18.6 Å². The topological polar surface area (TPSA) is 136 Å². The van der Waals surface area contributed by atoms with Crippen LogP contribution in [-0.4, -0.2) is 40.5 Å². The minimum absolute atomic E-state index is 0.0256. The van der Waals surface area contributed by atoms with Crippen LogP contribution in [0, 0.1) is 10.1 Å². The lowest BCUT2D eigenvalue weighted by Crippen LogP contribution is -2.43. The highest BCUT2D eigenvalue weighted by molar-refractivity contribution is 6.05. The van der Waals surface area contributed by atoms with Crippen LogP contribution in [0.4, 0.5) is 5.69 Å². The second-order valence-electron chi connectivity index (χ2n) is 5.76. The van der Waals surface area contributed by atoms with Crippen LogP contribution in [0.2, 0.25) is 0 Å². The lowest BCUT2D eigenvalue weighted by atomic mass is 10.0. The van der Waals surface area contributed by atoms with Crippen molar-refractivity contribution in [3.8, 4) is 0 Å². The van der Waals surface area contributed by atoms with Gasteiger partial charge in [0.15, 0.2) is 0 Å². The van der Waals surface area contributed by atoms with Gasteiger partial charge in [0.05, 0.1) is 22.7 Å². The summed E-state index contributed by atoms with van der Waals surface area (Å²) in [6.07, 6.45) is 0.0256. The molecule has 2 aromatic carbocycles. The van der Waals surface area contributed by atoms with Crippen molar-refractivity contribution in [2.24, 2.45) is 0 Å². The van der Waals surface area contributed by atoms with E-state index in [4.69, 9.17) is 4.74 Å². The maximum Gasteiger partial charge on any atom is 0.336 e. The maximum absolute atomic E-state index is 12.6. The number of carbonyl (C=O) groups excluding carboxylic acids is 2. The Hall–Kier alpha value is -3.75. The van der Waals surface area contributed by atoms with Crippen LogP contribution in [0.5, 0.6) is 0 Å². The molecule has 9 nitrogen and oxygen atoms in total. The molecule has 0 fully saturated rings. The largest absolute Gasteiger partial charge is 0.478 e. The molecule has 0 aliphatic heterocycles. The van der Waals surface area contributed by atoms with Crippen LogP contribution < -0.4 is 5.32 Å². The van der Waals surface area contributed by atoms with Crippen LogP contribution in [0.25, 0.3) is 0 Å². The van der Waals surface area contributed by atoms with Crippen molar-refractivity contribution in [3.63, 3.8) is 0 Å². The van der Waals surface area contributed by atoms with Crippen LogP contribution in [0.15, 0.2) is 48.5 Å². The van der Waals surface area contributed by atoms with Crippen molar-refractivity contribution in [1.82, 2.24) is 5.32 Å². The Morgan fingerprint density at radius 1 is 1.11 bits per heavy atom. The number of non-ortho nitro benzene ring substituents is 1. The molecule has 0 spiro atoms. The number of esters is 1. The third-order valence-electron chi connectivity index (χ3n) is 3.87. The normalized spacial score (nSPS) is 11.3. The first-order valence-corrected chi connectivity index (χ1v) is 8.36. The summed E-state index contributed by atoms with van der Waals surface area (Å²) in [5, 5.41) is 22.5. The Morgan fingerprint density at radius 2 is 1.71 bits per heavy atom. The van der Waals surface area contributed by atoms with E-state index in [1.807, 2.05) is 0 Å². The molecule has 1 atom stereocenters. The van der Waals surface area contributed by atoms with Crippen LogP contribution >= 0.6 is 0 Å². The van der Waals surface area contributed by atoms with Crippen LogP contribution in [0.3, 0.4) is 0 Å². The van der Waals surface area contributed by atoms with Gasteiger partial charge in [-0.1, -0.05) is 24.3 Å². The van der Waals surface area contributed by atoms with Gasteiger partial charge in [0.2, 0.25) is 0 Å². The van der Waals surface area contributed by atoms with Gasteiger partial charge in [-0.25, -0.2) is 9.59 Å². The number of hydrogen-bond acceptors (Lipinski definition) is 6. The summed E-state index contributed by atoms with van der Waals surface area (Å²) >= 11 is 0. The zero-order valence-electron chi connectivity index (χ0n) is 15.0. The molecule has 0 radical (unpaired) electrons. The molecule has 0 saturated carbocycles. The van der Waals surface area contributed by atoms with Crippen molar-refractivity contribution in [1.29, 1.82) is 0 Å². The molecule has 0 aliphatic carbocycles. The number of aromatic carboxylic acids is 1. The average molecular weight is 386 g/mol. The first-order valence-electron chi connectivity index (χ1n) is 8.36. The Kier molecular flexibility index (Phi) is 6.80. The van der Waals surface area contributed by atoms with E-state index >= 15 is 0 Å². The minimum atomic E-state index is -1.27. The molecule has 0 bridgehead atoms. The highest BCUT2D eigenvalue weighted by atomic mass is 16.6. The van der Waals surface area contributed by atoms with E-state index in [0.717, 1.165) is 0 Å². The van der Waals surface area contributed by atoms with Gasteiger partial charge < -0.3 is 15.2 Å². The van der Waals surface area contributed by atoms with Gasteiger partial charge in [-0.15, -0.1) is 0 Å². The fraction of sp³-hybridized carbons (Fsp3) is 0.211. The molecule has 0 aliphatic rings. The zero-order chi connectivity index (χ0) is 20.7. The van der Waals surface area contributed by atoms with Crippen LogP contribution in [-0.2, 0) is 16.0 Å². The quantitative estimate of drug-likeness (QED) is 0.403. The summed E-state index contributed by atoms with van der Waals surface area (Å²) in [6.45, 7) is 1.71. The van der Waals surface area contributed by atoms with Crippen molar-refractivity contribution >= 4 is 23.5 Å². The highest BCUT2D eigenvalue weighted by Crippen LogP contribution is 2.15. The molecular formula is C19H18N2O7. The standard InChI is InChI=1S/C19H18N2O7/c1-2-28-19(25)16(11-12-7-9-13(10-8-12)21(26)27)20-17(22)14-5-3-4-6-15(14)18(23)24/h3-10,16H,2,11H2,1H3,(H,20,22)(H,23,24)/t16-/m0/s1. The maximum atomic E-state index is 12.6. The van der Waals surface area contributed by atoms with Crippen molar-refractivity contribution in [3.05, 3.63) is 75.3 Å². The van der Waals surface area contributed by atoms with Gasteiger partial charge >= 0.3 is 11.9 Å². The molecule has 0 heterocycles. The van der Waals surface area contributed by atoms with Gasteiger partial charge in [-0.3, -0.25) is 14.9 Å². The number of carboxylic acid groups (broad SMARTS) is 1. The number of rotatable bonds is 8. The molecule has 2 rings (SSSR count). The SMILES string of the molecule is CCOC(=O)[C@H](Cc1ccc([N+](=O)[O-])cc1)NC(=O)c1ccccc1C(=O)O. The smallest absolute Gasteiger partial charge is 0.336 e. The molecule has 28 heavy (non-hydrogen) atoms. The number of nitro groups is 1. The van der Waals surface area contributed by atoms with Crippen molar-refractivity contribution < 1.29 is 29.2 Å². The Morgan fingerprint density at radius 3 is 2.25 bits per heavy atom. The van der Waals surface area contributed by atoms with E-state index in [1.165, 1.54) is 48.5 Å². The summed E-state index contributed by atoms with van der Waals surface area (Å²) in [7, 11) is 0. The number of nitrogens with zero attached hydrogens (tertiary/aromatic N) is 1. The molecule has 0 aromatic heterocycles. The molecule has 2 aromatic rings. The fourth-order valence-electron chi connectivity index (χ4n) is 2.53. The lowest BCUT2D eigenvalue weighted by Gasteiger charge is -2.18. The average Bonchev–Trinajstić information content (AvgIpc) is 2.68. The first kappa shape index (κ1) is 20.6. The van der Waals surface area contributed by atoms with Crippen LogP contribution in [0.1, 0.15) is 33.2 Å². The summed E-state index contributed by atoms with van der Waals surface area (Å²) < 4.78 is 4.97. The van der Waals surface area contributed by atoms with Gasteiger partial charge in [-0.05, 0) is 24.6 Å². The summed E-state index contributed by atoms with van der Waals surface area (Å²) in [6, 6.07) is 10.1. The Labute approximate surface area is 160 Å². The summed E-state index contributed by atoms with van der Waals surface area (Å²) in [5.74, 6) is -2.70. The van der Waals surface area contributed by atoms with Gasteiger partial charge in [0.1, 0.15) is 6.04 Å². The van der Waals surface area contributed by atoms with E-state index in [0.29, 0.717) is 5.56 Å². The number of nitrogens with one attached hydrogen (secondary N) is 1. The second kappa shape index (κ2) is 9.26. The highest BCUT2D eigenvalue weighted by Gasteiger charge is 2.25. The number of nitro benzene ring substituents is 1. The third kappa shape index (κ3) is 5.13. The van der Waals surface area contributed by atoms with Crippen molar-refractivity contribution in [2.45, 2.75) is 19.4 Å². The lowest BCUT2D eigenvalue weighted by molar-refractivity contribution is -0.384. The zero-order valence-corrected chi connectivity index (χ0v) is 15.0. The summed E-state index contributed by atoms with van der Waals surface area (Å²) in [5.41, 5.74) is 0.178. The molecule has 0 saturated heterocycles. The molecule has 2 N–H and O–H groups in total. The third-order valence-corrected chi connectivity index (χ3v) is 3.87. The molecule has 0 unspecified atom stereocenters. The number of carbonyl (C=O) groups is 3. The number of carboxylic acids is 1. The van der Waals surface area contributed by atoms with Gasteiger partial charge in [-0.2, -0.15) is 0 Å². The van der Waals surface area contributed by atoms with E-state index in [-0.39, 0.29) is 29.8 Å². The van der Waals surface area contributed by atoms with E-state index in [1.54, 1.807) is 6.92 Å². The number of amides is 1. The monoisotopic (exact) mass is 386 g/mol. The Balaban J connectivity index is 2.24. The second-order valence-corrected chi connectivity index (χ2v) is 5.76. The summed E-state index contributed by atoms with van der Waals surface area (Å²) in [4.78, 5) is 46.3. The molecular weight excluding hydrogens is 368 g/mol. The molecule has 146 valence electrons. The fourth-order valence-corrected chi connectivity index (χ4v) is 2.53. The number of benzene rings is 2. The van der Waals surface area contributed by atoms with E-state index in [9.17, 15) is 29.6 Å². The Bertz CT molecular complexity index is 893. The van der Waals surface area contributed by atoms with E-state index < -0.39 is 28.8 Å². The van der Waals surface area contributed by atoms with E-state index in [2.05, 4.69) is 5.32 Å². The number of ether oxygens (including phenoxy) is 1. The van der Waals surface area contributed by atoms with Gasteiger partial charge in [0.25, 0.3) is 11.6 Å². The first-order chi connectivity index (χ1) is 13.3. The minimum Gasteiger partial charge on any atom is -0.478 e. The predicted octanol–water partition coefficient (Wildman–Crippen LogP) is 2.20. The molecule has 1 amide bonds. The predicted molar refractivity (Wildman–Crippen MR) is 98.1 cm³/mol. The molecule has 9 heteroatoms. The number of hydrogen-bond donors (Lipinski definition) is 2.